The second-order valence-electron chi connectivity index (χ2n) is 3.83. The Labute approximate surface area is 120 Å². The maximum Gasteiger partial charge on any atom is 0.176 e. The molecule has 19 heavy (non-hydrogen) atoms. The van der Waals surface area contributed by atoms with Crippen LogP contribution in [-0.2, 0) is 0 Å². The van der Waals surface area contributed by atoms with E-state index in [9.17, 15) is 4.79 Å². The van der Waals surface area contributed by atoms with E-state index in [-0.39, 0.29) is 12.3 Å². The van der Waals surface area contributed by atoms with Gasteiger partial charge in [0.05, 0.1) is 11.6 Å². The number of benzene rings is 2. The molecule has 0 aliphatic rings. The lowest BCUT2D eigenvalue weighted by Crippen LogP contribution is -2.13. The topological polar surface area (TPSA) is 52.3 Å². The number of carbonyl (C=O) groups excluding carboxylic acids is 1. The summed E-state index contributed by atoms with van der Waals surface area (Å²) in [4.78, 5) is 11.4. The Morgan fingerprint density at radius 2 is 1.79 bits per heavy atom. The number of ketones is 1. The van der Waals surface area contributed by atoms with E-state index >= 15 is 0 Å². The summed E-state index contributed by atoms with van der Waals surface area (Å²) in [6.07, 6.45) is 0. The first-order valence-electron chi connectivity index (χ1n) is 5.56. The van der Waals surface area contributed by atoms with E-state index in [4.69, 9.17) is 33.7 Å². The molecule has 2 aromatic carbocycles. The molecule has 0 aliphatic carbocycles. The van der Waals surface area contributed by atoms with Gasteiger partial charge in [-0.05, 0) is 42.5 Å². The van der Waals surface area contributed by atoms with Crippen LogP contribution in [0.2, 0.25) is 10.0 Å². The Kier molecular flexibility index (Phi) is 4.43. The summed E-state index contributed by atoms with van der Waals surface area (Å²) >= 11 is 11.8. The Morgan fingerprint density at radius 1 is 1.11 bits per heavy atom. The summed E-state index contributed by atoms with van der Waals surface area (Å²) < 4.78 is 5.60. The lowest BCUT2D eigenvalue weighted by atomic mass is 10.1. The first-order valence-corrected chi connectivity index (χ1v) is 6.32. The first kappa shape index (κ1) is 13.9. The van der Waals surface area contributed by atoms with E-state index < -0.39 is 0 Å². The minimum Gasteiger partial charge on any atom is -0.456 e. The maximum atomic E-state index is 11.4. The van der Waals surface area contributed by atoms with Gasteiger partial charge in [-0.3, -0.25) is 4.79 Å². The molecule has 0 saturated heterocycles. The highest BCUT2D eigenvalue weighted by atomic mass is 35.5. The second-order valence-corrected chi connectivity index (χ2v) is 4.67. The van der Waals surface area contributed by atoms with E-state index in [1.807, 2.05) is 0 Å². The fraction of sp³-hybridized carbons (Fsp3) is 0.0714. The number of nitrogens with two attached hydrogens (primary N) is 1. The summed E-state index contributed by atoms with van der Waals surface area (Å²) in [5.74, 6) is 0.970. The summed E-state index contributed by atoms with van der Waals surface area (Å²) in [6, 6.07) is 11.7. The van der Waals surface area contributed by atoms with Gasteiger partial charge in [0.1, 0.15) is 11.5 Å². The van der Waals surface area contributed by atoms with E-state index in [1.165, 1.54) is 0 Å². The number of hydrogen-bond donors (Lipinski definition) is 1. The van der Waals surface area contributed by atoms with Crippen molar-refractivity contribution >= 4 is 29.0 Å². The van der Waals surface area contributed by atoms with Gasteiger partial charge >= 0.3 is 0 Å². The second kappa shape index (κ2) is 6.06. The Balaban J connectivity index is 2.17. The van der Waals surface area contributed by atoms with E-state index in [0.29, 0.717) is 27.1 Å². The predicted octanol–water partition coefficient (Wildman–Crippen LogP) is 3.93. The molecule has 2 aromatic rings. The minimum absolute atomic E-state index is 0.0107. The highest BCUT2D eigenvalue weighted by Crippen LogP contribution is 2.31. The van der Waals surface area contributed by atoms with E-state index in [1.54, 1.807) is 42.5 Å². The van der Waals surface area contributed by atoms with Crippen LogP contribution in [-0.4, -0.2) is 12.3 Å². The molecule has 0 radical (unpaired) electrons. The summed E-state index contributed by atoms with van der Waals surface area (Å²) in [5.41, 5.74) is 5.84. The van der Waals surface area contributed by atoms with Crippen molar-refractivity contribution in [1.82, 2.24) is 0 Å². The zero-order valence-electron chi connectivity index (χ0n) is 9.90. The molecule has 0 unspecified atom stereocenters. The Bertz CT molecular complexity index is 597. The summed E-state index contributed by atoms with van der Waals surface area (Å²) in [5, 5.41) is 0.968. The van der Waals surface area contributed by atoms with Gasteiger partial charge in [0.15, 0.2) is 5.78 Å². The number of ether oxygens (including phenoxy) is 1. The molecule has 0 aliphatic heterocycles. The van der Waals surface area contributed by atoms with Gasteiger partial charge < -0.3 is 10.5 Å². The quantitative estimate of drug-likeness (QED) is 0.870. The van der Waals surface area contributed by atoms with Crippen LogP contribution in [0.25, 0.3) is 0 Å². The van der Waals surface area contributed by atoms with Crippen molar-refractivity contribution in [2.75, 3.05) is 6.54 Å². The van der Waals surface area contributed by atoms with Crippen LogP contribution in [0.4, 0.5) is 0 Å². The molecular weight excluding hydrogens is 285 g/mol. The van der Waals surface area contributed by atoms with Crippen LogP contribution in [0.15, 0.2) is 42.5 Å². The Morgan fingerprint density at radius 3 is 2.37 bits per heavy atom. The third kappa shape index (κ3) is 3.47. The van der Waals surface area contributed by atoms with Crippen molar-refractivity contribution < 1.29 is 9.53 Å². The first-order chi connectivity index (χ1) is 9.10. The lowest BCUT2D eigenvalue weighted by Gasteiger charge is -2.08. The molecule has 98 valence electrons. The van der Waals surface area contributed by atoms with Crippen molar-refractivity contribution in [2.24, 2.45) is 5.73 Å². The summed E-state index contributed by atoms with van der Waals surface area (Å²) in [7, 11) is 0. The molecule has 0 heterocycles. The van der Waals surface area contributed by atoms with Crippen molar-refractivity contribution in [2.45, 2.75) is 0 Å². The van der Waals surface area contributed by atoms with Crippen LogP contribution in [0, 0.1) is 0 Å². The standard InChI is InChI=1S/C14H11Cl2NO2/c15-10-3-6-14(12(16)7-10)19-11-4-1-9(2-5-11)13(18)8-17/h1-7H,8,17H2. The number of halogens is 2. The normalized spacial score (nSPS) is 10.3. The SMILES string of the molecule is NCC(=O)c1ccc(Oc2ccc(Cl)cc2Cl)cc1. The molecule has 2 rings (SSSR count). The van der Waals surface area contributed by atoms with Gasteiger partial charge in [-0.15, -0.1) is 0 Å². The zero-order chi connectivity index (χ0) is 13.8. The van der Waals surface area contributed by atoms with Gasteiger partial charge in [-0.25, -0.2) is 0 Å². The van der Waals surface area contributed by atoms with Crippen LogP contribution >= 0.6 is 23.2 Å². The van der Waals surface area contributed by atoms with Crippen molar-refractivity contribution in [3.8, 4) is 11.5 Å². The smallest absolute Gasteiger partial charge is 0.176 e. The Hall–Kier alpha value is -1.55. The monoisotopic (exact) mass is 295 g/mol. The van der Waals surface area contributed by atoms with Crippen molar-refractivity contribution in [1.29, 1.82) is 0 Å². The predicted molar refractivity (Wildman–Crippen MR) is 76.4 cm³/mol. The molecule has 5 heteroatoms. The molecule has 0 saturated carbocycles. The lowest BCUT2D eigenvalue weighted by molar-refractivity contribution is 0.100. The highest BCUT2D eigenvalue weighted by molar-refractivity contribution is 6.35. The average molecular weight is 296 g/mol. The van der Waals surface area contributed by atoms with E-state index in [2.05, 4.69) is 0 Å². The number of hydrogen-bond acceptors (Lipinski definition) is 3. The van der Waals surface area contributed by atoms with E-state index in [0.717, 1.165) is 0 Å². The number of Topliss-reactive ketones (excluding diaryl/α,β-unsaturated/α-hetero) is 1. The molecule has 0 spiro atoms. The van der Waals surface area contributed by atoms with Gasteiger partial charge in [0.2, 0.25) is 0 Å². The van der Waals surface area contributed by atoms with Gasteiger partial charge in [-0.2, -0.15) is 0 Å². The molecule has 0 aromatic heterocycles. The molecule has 0 bridgehead atoms. The average Bonchev–Trinajstić information content (AvgIpc) is 2.42. The molecule has 3 nitrogen and oxygen atoms in total. The van der Waals surface area contributed by atoms with Crippen molar-refractivity contribution in [3.63, 3.8) is 0 Å². The van der Waals surface area contributed by atoms with Gasteiger partial charge in [0, 0.05) is 10.6 Å². The number of carbonyl (C=O) groups is 1. The van der Waals surface area contributed by atoms with Crippen LogP contribution in [0.5, 0.6) is 11.5 Å². The largest absolute Gasteiger partial charge is 0.456 e. The highest BCUT2D eigenvalue weighted by Gasteiger charge is 2.06. The van der Waals surface area contributed by atoms with Gasteiger partial charge in [-0.1, -0.05) is 23.2 Å². The maximum absolute atomic E-state index is 11.4. The summed E-state index contributed by atoms with van der Waals surface area (Å²) in [6.45, 7) is -0.0107. The molecule has 0 amide bonds. The fourth-order valence-electron chi connectivity index (χ4n) is 1.51. The molecule has 2 N–H and O–H groups in total. The molecule has 0 fully saturated rings. The third-order valence-corrected chi connectivity index (χ3v) is 3.01. The van der Waals surface area contributed by atoms with Crippen LogP contribution < -0.4 is 10.5 Å². The fourth-order valence-corrected chi connectivity index (χ4v) is 1.96. The third-order valence-electron chi connectivity index (χ3n) is 2.48. The van der Waals surface area contributed by atoms with Crippen LogP contribution in [0.3, 0.4) is 0 Å². The number of rotatable bonds is 4. The van der Waals surface area contributed by atoms with Crippen LogP contribution in [0.1, 0.15) is 10.4 Å². The molecule has 0 atom stereocenters. The van der Waals surface area contributed by atoms with Gasteiger partial charge in [0.25, 0.3) is 0 Å². The molecular formula is C14H11Cl2NO2. The zero-order valence-corrected chi connectivity index (χ0v) is 11.4. The van der Waals surface area contributed by atoms with Crippen molar-refractivity contribution in [3.05, 3.63) is 58.1 Å². The minimum atomic E-state index is -0.115.